The lowest BCUT2D eigenvalue weighted by Crippen LogP contribution is -2.24. The summed E-state index contributed by atoms with van der Waals surface area (Å²) in [5.74, 6) is 0. The number of unbranched alkanes of at least 4 members (excludes halogenated alkanes) is 1. The highest BCUT2D eigenvalue weighted by Gasteiger charge is 2.00. The first kappa shape index (κ1) is 15.1. The van der Waals surface area contributed by atoms with E-state index in [1.165, 1.54) is 22.9 Å². The Labute approximate surface area is 121 Å². The molecule has 0 radical (unpaired) electrons. The number of hydrogen-bond donors (Lipinski definition) is 1. The molecule has 0 bridgehead atoms. The average Bonchev–Trinajstić information content (AvgIpc) is 2.84. The van der Waals surface area contributed by atoms with Gasteiger partial charge in [0.05, 0.1) is 6.61 Å². The predicted octanol–water partition coefficient (Wildman–Crippen LogP) is 3.36. The van der Waals surface area contributed by atoms with E-state index < -0.39 is 0 Å². The molecule has 3 heteroatoms. The Morgan fingerprint density at radius 1 is 1.15 bits per heavy atom. The van der Waals surface area contributed by atoms with Crippen molar-refractivity contribution in [1.82, 2.24) is 9.88 Å². The second kappa shape index (κ2) is 8.08. The van der Waals surface area contributed by atoms with Crippen LogP contribution in [-0.2, 0) is 11.3 Å². The zero-order valence-electron chi connectivity index (χ0n) is 12.7. The van der Waals surface area contributed by atoms with Crippen LogP contribution in [0.4, 0.5) is 0 Å². The third-order valence-corrected chi connectivity index (χ3v) is 3.52. The molecule has 0 aliphatic carbocycles. The fourth-order valence-corrected chi connectivity index (χ4v) is 2.31. The maximum atomic E-state index is 5.53. The molecule has 0 aliphatic rings. The lowest BCUT2D eigenvalue weighted by atomic mass is 10.2. The van der Waals surface area contributed by atoms with Gasteiger partial charge in [0.2, 0.25) is 0 Å². The van der Waals surface area contributed by atoms with Crippen molar-refractivity contribution in [2.45, 2.75) is 33.2 Å². The van der Waals surface area contributed by atoms with Crippen LogP contribution >= 0.6 is 0 Å². The van der Waals surface area contributed by atoms with Crippen LogP contribution in [0.5, 0.6) is 0 Å². The summed E-state index contributed by atoms with van der Waals surface area (Å²) in [6.07, 6.45) is 4.53. The molecular weight excluding hydrogens is 248 g/mol. The summed E-state index contributed by atoms with van der Waals surface area (Å²) in [6.45, 7) is 8.94. The first-order valence-corrected chi connectivity index (χ1v) is 7.65. The Morgan fingerprint density at radius 3 is 2.90 bits per heavy atom. The van der Waals surface area contributed by atoms with Crippen LogP contribution in [0, 0.1) is 6.92 Å². The monoisotopic (exact) mass is 274 g/mol. The molecule has 20 heavy (non-hydrogen) atoms. The number of aromatic nitrogens is 1. The molecule has 0 aliphatic heterocycles. The first-order valence-electron chi connectivity index (χ1n) is 7.65. The van der Waals surface area contributed by atoms with Gasteiger partial charge in [0.25, 0.3) is 0 Å². The zero-order chi connectivity index (χ0) is 14.2. The highest BCUT2D eigenvalue weighted by molar-refractivity contribution is 5.80. The van der Waals surface area contributed by atoms with E-state index in [9.17, 15) is 0 Å². The quantitative estimate of drug-likeness (QED) is 0.710. The molecule has 0 spiro atoms. The fourth-order valence-electron chi connectivity index (χ4n) is 2.31. The second-order valence-corrected chi connectivity index (χ2v) is 5.29. The van der Waals surface area contributed by atoms with Crippen molar-refractivity contribution in [2.24, 2.45) is 0 Å². The average molecular weight is 274 g/mol. The minimum atomic E-state index is 0.811. The van der Waals surface area contributed by atoms with Crippen LogP contribution in [0.3, 0.4) is 0 Å². The number of nitrogens with zero attached hydrogens (tertiary/aromatic N) is 1. The minimum absolute atomic E-state index is 0.811. The summed E-state index contributed by atoms with van der Waals surface area (Å²) in [4.78, 5) is 0. The van der Waals surface area contributed by atoms with Gasteiger partial charge in [-0.25, -0.2) is 0 Å². The number of fused-ring (bicyclic) bond motifs is 1. The molecule has 0 atom stereocenters. The van der Waals surface area contributed by atoms with Crippen molar-refractivity contribution >= 4 is 10.9 Å². The number of hydrogen-bond acceptors (Lipinski definition) is 2. The standard InChI is InChI=1S/C17H26N2O/c1-3-4-12-20-13-9-18-8-11-19-10-7-16-6-5-15(2)14-17(16)19/h5-7,10,14,18H,3-4,8-9,11-13H2,1-2H3. The van der Waals surface area contributed by atoms with E-state index in [0.29, 0.717) is 0 Å². The zero-order valence-corrected chi connectivity index (χ0v) is 12.7. The predicted molar refractivity (Wildman–Crippen MR) is 85.3 cm³/mol. The Balaban J connectivity index is 1.69. The van der Waals surface area contributed by atoms with Gasteiger partial charge in [-0.05, 0) is 36.4 Å². The summed E-state index contributed by atoms with van der Waals surface area (Å²) < 4.78 is 7.84. The summed E-state index contributed by atoms with van der Waals surface area (Å²) in [7, 11) is 0. The van der Waals surface area contributed by atoms with E-state index in [-0.39, 0.29) is 0 Å². The number of rotatable bonds is 9. The molecule has 1 aromatic carbocycles. The van der Waals surface area contributed by atoms with Crippen molar-refractivity contribution in [3.05, 3.63) is 36.0 Å². The van der Waals surface area contributed by atoms with Gasteiger partial charge in [-0.15, -0.1) is 0 Å². The van der Waals surface area contributed by atoms with E-state index in [4.69, 9.17) is 4.74 Å². The van der Waals surface area contributed by atoms with Gasteiger partial charge < -0.3 is 14.6 Å². The Hall–Kier alpha value is -1.32. The van der Waals surface area contributed by atoms with Crippen LogP contribution in [0.1, 0.15) is 25.3 Å². The van der Waals surface area contributed by atoms with Gasteiger partial charge in [-0.2, -0.15) is 0 Å². The van der Waals surface area contributed by atoms with Crippen LogP contribution in [0.25, 0.3) is 10.9 Å². The Bertz CT molecular complexity index is 519. The molecule has 0 fully saturated rings. The maximum absolute atomic E-state index is 5.53. The second-order valence-electron chi connectivity index (χ2n) is 5.29. The number of nitrogens with one attached hydrogen (secondary N) is 1. The van der Waals surface area contributed by atoms with Crippen molar-refractivity contribution in [2.75, 3.05) is 26.3 Å². The largest absolute Gasteiger partial charge is 0.380 e. The van der Waals surface area contributed by atoms with E-state index in [1.807, 2.05) is 0 Å². The summed E-state index contributed by atoms with van der Waals surface area (Å²) in [5.41, 5.74) is 2.64. The fraction of sp³-hybridized carbons (Fsp3) is 0.529. The van der Waals surface area contributed by atoms with Crippen LogP contribution in [0.2, 0.25) is 0 Å². The molecular formula is C17H26N2O. The highest BCUT2D eigenvalue weighted by Crippen LogP contribution is 2.16. The lowest BCUT2D eigenvalue weighted by molar-refractivity contribution is 0.133. The van der Waals surface area contributed by atoms with E-state index in [2.05, 4.69) is 54.2 Å². The first-order chi connectivity index (χ1) is 9.81. The van der Waals surface area contributed by atoms with Crippen molar-refractivity contribution in [3.8, 4) is 0 Å². The molecule has 1 heterocycles. The van der Waals surface area contributed by atoms with E-state index in [0.717, 1.165) is 39.3 Å². The van der Waals surface area contributed by atoms with Gasteiger partial charge in [-0.3, -0.25) is 0 Å². The molecule has 0 unspecified atom stereocenters. The molecule has 110 valence electrons. The van der Waals surface area contributed by atoms with Gasteiger partial charge in [0, 0.05) is 38.0 Å². The molecule has 0 saturated heterocycles. The molecule has 1 aromatic heterocycles. The number of ether oxygens (including phenoxy) is 1. The van der Waals surface area contributed by atoms with E-state index >= 15 is 0 Å². The topological polar surface area (TPSA) is 26.2 Å². The smallest absolute Gasteiger partial charge is 0.0590 e. The Kier molecular flexibility index (Phi) is 6.09. The van der Waals surface area contributed by atoms with Gasteiger partial charge in [0.15, 0.2) is 0 Å². The molecule has 3 nitrogen and oxygen atoms in total. The van der Waals surface area contributed by atoms with E-state index in [1.54, 1.807) is 0 Å². The summed E-state index contributed by atoms with van der Waals surface area (Å²) >= 11 is 0. The molecule has 1 N–H and O–H groups in total. The lowest BCUT2D eigenvalue weighted by Gasteiger charge is -2.08. The minimum Gasteiger partial charge on any atom is -0.380 e. The number of aryl methyl sites for hydroxylation is 1. The van der Waals surface area contributed by atoms with Crippen molar-refractivity contribution in [1.29, 1.82) is 0 Å². The molecule has 2 rings (SSSR count). The van der Waals surface area contributed by atoms with Crippen molar-refractivity contribution < 1.29 is 4.74 Å². The van der Waals surface area contributed by atoms with Crippen molar-refractivity contribution in [3.63, 3.8) is 0 Å². The highest BCUT2D eigenvalue weighted by atomic mass is 16.5. The number of benzene rings is 1. The van der Waals surface area contributed by atoms with Crippen LogP contribution in [-0.4, -0.2) is 30.9 Å². The molecule has 0 amide bonds. The third-order valence-electron chi connectivity index (χ3n) is 3.52. The van der Waals surface area contributed by atoms with Gasteiger partial charge in [0.1, 0.15) is 0 Å². The normalized spacial score (nSPS) is 11.3. The van der Waals surface area contributed by atoms with Gasteiger partial charge in [-0.1, -0.05) is 25.5 Å². The summed E-state index contributed by atoms with van der Waals surface area (Å²) in [5, 5.41) is 4.75. The Morgan fingerprint density at radius 2 is 2.05 bits per heavy atom. The summed E-state index contributed by atoms with van der Waals surface area (Å²) in [6, 6.07) is 8.79. The third kappa shape index (κ3) is 4.36. The maximum Gasteiger partial charge on any atom is 0.0590 e. The molecule has 2 aromatic rings. The van der Waals surface area contributed by atoms with Crippen LogP contribution in [0.15, 0.2) is 30.5 Å². The SMILES string of the molecule is CCCCOCCNCCn1ccc2ccc(C)cc21. The van der Waals surface area contributed by atoms with Gasteiger partial charge >= 0.3 is 0 Å². The van der Waals surface area contributed by atoms with Crippen LogP contribution < -0.4 is 5.32 Å². The molecule has 0 saturated carbocycles.